The van der Waals surface area contributed by atoms with Gasteiger partial charge in [0.25, 0.3) is 0 Å². The molecule has 0 N–H and O–H groups in total. The monoisotopic (exact) mass is 122 g/mol. The summed E-state index contributed by atoms with van der Waals surface area (Å²) in [5.74, 6) is -0.113. The van der Waals surface area contributed by atoms with Crippen molar-refractivity contribution in [3.05, 3.63) is 0 Å². The summed E-state index contributed by atoms with van der Waals surface area (Å²) in [6, 6.07) is 0. The summed E-state index contributed by atoms with van der Waals surface area (Å²) in [6.07, 6.45) is 2.27. The van der Waals surface area contributed by atoms with Crippen molar-refractivity contribution in [1.29, 1.82) is 0 Å². The van der Waals surface area contributed by atoms with Crippen LogP contribution < -0.4 is 29.6 Å². The minimum atomic E-state index is -0.222. The van der Waals surface area contributed by atoms with E-state index in [1.54, 1.807) is 0 Å². The van der Waals surface area contributed by atoms with Crippen LogP contribution in [0.25, 0.3) is 0 Å². The first-order valence-corrected chi connectivity index (χ1v) is 2.33. The largest absolute Gasteiger partial charge is 1.00 e. The Morgan fingerprint density at radius 3 is 2.25 bits per heavy atom. The van der Waals surface area contributed by atoms with Gasteiger partial charge in [-0.25, -0.2) is 0 Å². The van der Waals surface area contributed by atoms with Crippen molar-refractivity contribution >= 4 is 12.1 Å². The average molecular weight is 122 g/mol. The van der Waals surface area contributed by atoms with Crippen molar-refractivity contribution < 1.29 is 40.6 Å². The second-order valence-corrected chi connectivity index (χ2v) is 1.79. The van der Waals surface area contributed by atoms with Crippen LogP contribution in [-0.2, 0) is 9.59 Å². The Bertz CT molecular complexity index is 112. The number of hydrogen-bond donors (Lipinski definition) is 0. The zero-order valence-corrected chi connectivity index (χ0v) is 6.89. The molecule has 0 heterocycles. The van der Waals surface area contributed by atoms with Gasteiger partial charge in [0.2, 0.25) is 0 Å². The van der Waals surface area contributed by atoms with E-state index in [-0.39, 0.29) is 42.7 Å². The van der Waals surface area contributed by atoms with E-state index in [9.17, 15) is 9.59 Å². The maximum absolute atomic E-state index is 10.2. The van der Waals surface area contributed by atoms with Crippen LogP contribution in [0, 0.1) is 5.92 Å². The van der Waals surface area contributed by atoms with Crippen LogP contribution in [-0.4, -0.2) is 12.1 Å². The van der Waals surface area contributed by atoms with E-state index in [0.717, 1.165) is 12.8 Å². The van der Waals surface area contributed by atoms with Crippen molar-refractivity contribution in [2.45, 2.75) is 12.8 Å². The first-order valence-electron chi connectivity index (χ1n) is 2.33. The van der Waals surface area contributed by atoms with Crippen LogP contribution in [0.3, 0.4) is 0 Å². The van der Waals surface area contributed by atoms with Crippen LogP contribution in [0.15, 0.2) is 0 Å². The molecular formula is C5H7NaO2. The van der Waals surface area contributed by atoms with E-state index in [1.165, 1.54) is 0 Å². The van der Waals surface area contributed by atoms with Crippen LogP contribution in [0.5, 0.6) is 0 Å². The molecule has 0 aromatic carbocycles. The molecule has 0 atom stereocenters. The van der Waals surface area contributed by atoms with Gasteiger partial charge in [0, 0.05) is 5.92 Å². The van der Waals surface area contributed by atoms with Gasteiger partial charge in [-0.15, -0.1) is 0 Å². The van der Waals surface area contributed by atoms with Crippen LogP contribution in [0.2, 0.25) is 0 Å². The third-order valence-corrected chi connectivity index (χ3v) is 1.10. The quantitative estimate of drug-likeness (QED) is 0.226. The minimum absolute atomic E-state index is 0. The third kappa shape index (κ3) is 2.07. The molecule has 1 rings (SSSR count). The summed E-state index contributed by atoms with van der Waals surface area (Å²) in [5, 5.41) is 0. The Hall–Kier alpha value is 0.340. The Kier molecular flexibility index (Phi) is 3.53. The Balaban J connectivity index is 0. The topological polar surface area (TPSA) is 34.1 Å². The number of ketones is 1. The van der Waals surface area contributed by atoms with Crippen molar-refractivity contribution in [3.8, 4) is 0 Å². The molecule has 8 heavy (non-hydrogen) atoms. The van der Waals surface area contributed by atoms with Crippen LogP contribution in [0.4, 0.5) is 0 Å². The van der Waals surface area contributed by atoms with Gasteiger partial charge >= 0.3 is 29.6 Å². The second kappa shape index (κ2) is 3.38. The van der Waals surface area contributed by atoms with E-state index in [1.807, 2.05) is 0 Å². The fourth-order valence-corrected chi connectivity index (χ4v) is 0.464. The molecule has 0 bridgehead atoms. The number of carbonyl (C=O) groups is 2. The van der Waals surface area contributed by atoms with Crippen molar-refractivity contribution in [3.63, 3.8) is 0 Å². The first kappa shape index (κ1) is 8.34. The van der Waals surface area contributed by atoms with Crippen molar-refractivity contribution in [2.24, 2.45) is 5.92 Å². The molecule has 2 nitrogen and oxygen atoms in total. The summed E-state index contributed by atoms with van der Waals surface area (Å²) in [7, 11) is 0. The molecule has 3 heteroatoms. The molecule has 0 amide bonds. The van der Waals surface area contributed by atoms with E-state index in [2.05, 4.69) is 0 Å². The Labute approximate surface area is 71.4 Å². The fourth-order valence-electron chi connectivity index (χ4n) is 0.464. The molecule has 0 saturated heterocycles. The maximum Gasteiger partial charge on any atom is 1.00 e. The molecule has 1 saturated carbocycles. The van der Waals surface area contributed by atoms with Crippen molar-refractivity contribution in [2.75, 3.05) is 0 Å². The molecule has 1 aliphatic rings. The second-order valence-electron chi connectivity index (χ2n) is 1.79. The zero-order chi connectivity index (χ0) is 5.28. The number of Topliss-reactive ketones (excluding diaryl/α,β-unsaturated/α-hetero) is 1. The summed E-state index contributed by atoms with van der Waals surface area (Å²) in [6.45, 7) is 0. The predicted molar refractivity (Wildman–Crippen MR) is 24.9 cm³/mol. The Morgan fingerprint density at radius 1 is 1.62 bits per heavy atom. The van der Waals surface area contributed by atoms with Gasteiger partial charge in [-0.05, 0) is 12.8 Å². The molecule has 0 spiro atoms. The number of rotatable bonds is 2. The van der Waals surface area contributed by atoms with E-state index in [4.69, 9.17) is 0 Å². The first-order chi connectivity index (χ1) is 3.34. The molecule has 0 unspecified atom stereocenters. The fraction of sp³-hybridized carbons (Fsp3) is 0.600. The smallest absolute Gasteiger partial charge is 1.00 e. The van der Waals surface area contributed by atoms with Crippen LogP contribution in [0.1, 0.15) is 14.3 Å². The number of hydrogen-bond acceptors (Lipinski definition) is 2. The van der Waals surface area contributed by atoms with Gasteiger partial charge in [-0.1, -0.05) is 0 Å². The van der Waals surface area contributed by atoms with Gasteiger partial charge in [-0.3, -0.25) is 9.59 Å². The SMILES string of the molecule is O=CC(=O)C1CC1.[H-].[Na+]. The molecular weight excluding hydrogens is 115 g/mol. The minimum Gasteiger partial charge on any atom is -1.00 e. The van der Waals surface area contributed by atoms with E-state index >= 15 is 0 Å². The summed E-state index contributed by atoms with van der Waals surface area (Å²) < 4.78 is 0. The summed E-state index contributed by atoms with van der Waals surface area (Å²) in [5.41, 5.74) is 0. The number of carbonyl (C=O) groups excluding carboxylic acids is 2. The molecule has 40 valence electrons. The standard InChI is InChI=1S/C5H6O2.Na.H/c6-3-5(7)4-1-2-4;;/h3-4H,1-2H2;;/q;+1;-1. The summed E-state index contributed by atoms with van der Waals surface area (Å²) in [4.78, 5) is 19.8. The Morgan fingerprint density at radius 2 is 2.12 bits per heavy atom. The normalized spacial score (nSPS) is 16.5. The van der Waals surface area contributed by atoms with Gasteiger partial charge in [0.15, 0.2) is 12.1 Å². The molecule has 0 aromatic heterocycles. The zero-order valence-electron chi connectivity index (χ0n) is 5.89. The molecule has 1 fully saturated rings. The molecule has 0 radical (unpaired) electrons. The summed E-state index contributed by atoms with van der Waals surface area (Å²) >= 11 is 0. The van der Waals surface area contributed by atoms with Crippen molar-refractivity contribution in [1.82, 2.24) is 0 Å². The molecule has 0 aromatic rings. The molecule has 0 aliphatic heterocycles. The predicted octanol–water partition coefficient (Wildman–Crippen LogP) is -2.72. The van der Waals surface area contributed by atoms with E-state index in [0.29, 0.717) is 6.29 Å². The number of aldehydes is 1. The van der Waals surface area contributed by atoms with E-state index < -0.39 is 0 Å². The third-order valence-electron chi connectivity index (χ3n) is 1.10. The van der Waals surface area contributed by atoms with Crippen LogP contribution >= 0.6 is 0 Å². The van der Waals surface area contributed by atoms with Gasteiger partial charge in [0.1, 0.15) is 0 Å². The maximum atomic E-state index is 10.2. The van der Waals surface area contributed by atoms with Gasteiger partial charge in [-0.2, -0.15) is 0 Å². The average Bonchev–Trinajstić information content (AvgIpc) is 2.44. The van der Waals surface area contributed by atoms with Gasteiger partial charge in [0.05, 0.1) is 0 Å². The van der Waals surface area contributed by atoms with Gasteiger partial charge < -0.3 is 1.43 Å². The molecule has 1 aliphatic carbocycles.